The molecule has 42 heavy (non-hydrogen) atoms. The lowest BCUT2D eigenvalue weighted by molar-refractivity contribution is -0.00728. The Labute approximate surface area is 250 Å². The number of fused-ring (bicyclic) bond motifs is 1. The van der Waals surface area contributed by atoms with Gasteiger partial charge in [0, 0.05) is 54.1 Å². The van der Waals surface area contributed by atoms with E-state index in [1.54, 1.807) is 4.52 Å². The van der Waals surface area contributed by atoms with Gasteiger partial charge in [-0.15, -0.1) is 5.10 Å². The molecule has 1 amide bonds. The number of aliphatic hydroxyl groups is 1. The van der Waals surface area contributed by atoms with E-state index in [4.69, 9.17) is 16.6 Å². The average Bonchev–Trinajstić information content (AvgIpc) is 3.59. The predicted octanol–water partition coefficient (Wildman–Crippen LogP) is 4.58. The van der Waals surface area contributed by atoms with Gasteiger partial charge in [0.2, 0.25) is 5.95 Å². The van der Waals surface area contributed by atoms with Gasteiger partial charge in [0.05, 0.1) is 17.8 Å². The van der Waals surface area contributed by atoms with Crippen molar-refractivity contribution in [2.24, 2.45) is 0 Å². The van der Waals surface area contributed by atoms with Gasteiger partial charge in [0.25, 0.3) is 5.91 Å². The summed E-state index contributed by atoms with van der Waals surface area (Å²) in [5, 5.41) is 19.0. The van der Waals surface area contributed by atoms with E-state index in [1.165, 1.54) is 12.8 Å². The Balaban J connectivity index is 1.02. The lowest BCUT2D eigenvalue weighted by Gasteiger charge is -2.51. The predicted molar refractivity (Wildman–Crippen MR) is 165 cm³/mol. The van der Waals surface area contributed by atoms with Crippen LogP contribution in [0.2, 0.25) is 5.02 Å². The van der Waals surface area contributed by atoms with Crippen LogP contribution in [0.15, 0.2) is 66.9 Å². The van der Waals surface area contributed by atoms with Crippen molar-refractivity contribution >= 4 is 40.5 Å². The molecular formula is C32H36ClN7O2. The summed E-state index contributed by atoms with van der Waals surface area (Å²) in [6.45, 7) is 4.44. The number of hydrogen-bond acceptors (Lipinski definition) is 7. The number of halogens is 1. The van der Waals surface area contributed by atoms with Crippen molar-refractivity contribution in [3.8, 4) is 0 Å². The smallest absolute Gasteiger partial charge is 0.253 e. The molecule has 1 spiro atoms. The lowest BCUT2D eigenvalue weighted by Crippen LogP contribution is -2.68. The summed E-state index contributed by atoms with van der Waals surface area (Å²) in [5.41, 5.74) is 4.36. The Bertz CT molecular complexity index is 1590. The number of carbonyl (C=O) groups is 1. The molecular weight excluding hydrogens is 550 g/mol. The van der Waals surface area contributed by atoms with Gasteiger partial charge in [-0.25, -0.2) is 4.52 Å². The average molecular weight is 586 g/mol. The molecule has 3 saturated heterocycles. The first-order chi connectivity index (χ1) is 20.4. The van der Waals surface area contributed by atoms with Gasteiger partial charge in [-0.05, 0) is 93.4 Å². The molecule has 0 atom stereocenters. The van der Waals surface area contributed by atoms with Crippen molar-refractivity contribution in [3.63, 3.8) is 0 Å². The van der Waals surface area contributed by atoms with E-state index in [2.05, 4.69) is 33.3 Å². The van der Waals surface area contributed by atoms with Crippen LogP contribution in [0.5, 0.6) is 0 Å². The first-order valence-electron chi connectivity index (χ1n) is 14.7. The number of likely N-dealkylation sites (tertiary alicyclic amines) is 2. The van der Waals surface area contributed by atoms with E-state index in [9.17, 15) is 9.90 Å². The number of aliphatic hydroxyl groups excluding tert-OH is 1. The van der Waals surface area contributed by atoms with E-state index in [0.29, 0.717) is 16.5 Å². The number of piperidine rings is 1. The quantitative estimate of drug-likeness (QED) is 0.342. The van der Waals surface area contributed by atoms with Gasteiger partial charge >= 0.3 is 0 Å². The van der Waals surface area contributed by atoms with Crippen LogP contribution in [0, 0.1) is 0 Å². The second kappa shape index (κ2) is 10.6. The summed E-state index contributed by atoms with van der Waals surface area (Å²) in [5.74, 6) is 0.587. The Morgan fingerprint density at radius 3 is 2.40 bits per heavy atom. The summed E-state index contributed by atoms with van der Waals surface area (Å²) in [7, 11) is 2.17. The fourth-order valence-electron chi connectivity index (χ4n) is 7.00. The molecule has 2 N–H and O–H groups in total. The van der Waals surface area contributed by atoms with Gasteiger partial charge in [0.1, 0.15) is 0 Å². The molecule has 3 aliphatic heterocycles. The van der Waals surface area contributed by atoms with E-state index in [-0.39, 0.29) is 23.5 Å². The molecule has 0 unspecified atom stereocenters. The van der Waals surface area contributed by atoms with Gasteiger partial charge < -0.3 is 20.2 Å². The number of likely N-dealkylation sites (N-methyl/N-ethyl adjacent to an activating group) is 1. The summed E-state index contributed by atoms with van der Waals surface area (Å²) in [6.07, 6.45) is 5.94. The summed E-state index contributed by atoms with van der Waals surface area (Å²) >= 11 is 6.11. The maximum Gasteiger partial charge on any atom is 0.253 e. The largest absolute Gasteiger partial charge is 0.395 e. The van der Waals surface area contributed by atoms with Gasteiger partial charge in [-0.3, -0.25) is 9.69 Å². The summed E-state index contributed by atoms with van der Waals surface area (Å²) in [6, 6.07) is 19.5. The summed E-state index contributed by atoms with van der Waals surface area (Å²) < 4.78 is 1.79. The van der Waals surface area contributed by atoms with Crippen molar-refractivity contribution in [1.82, 2.24) is 24.4 Å². The SMILES string of the molecule is CN1CCCC12CN(C(=O)c1ccc(Nc3nc4c(N5CCC(CO)(c6ccc(Cl)cc6)CC5)cccn4n3)cc1)C2. The van der Waals surface area contributed by atoms with Crippen LogP contribution in [-0.4, -0.2) is 87.3 Å². The molecule has 2 aromatic carbocycles. The zero-order valence-electron chi connectivity index (χ0n) is 23.8. The van der Waals surface area contributed by atoms with Crippen molar-refractivity contribution in [3.05, 3.63) is 83.0 Å². The standard InChI is InChI=1S/C32H36ClN7O2/c1-37-16-3-13-32(37)20-39(21-32)29(42)23-5-11-26(12-6-23)34-30-35-28-27(4-2-17-40(28)36-30)38-18-14-31(22-41,15-19-38)24-7-9-25(33)10-8-24/h2,4-12,17,41H,3,13-16,18-22H2,1H3,(H,34,36). The molecule has 9 nitrogen and oxygen atoms in total. The highest BCUT2D eigenvalue weighted by Crippen LogP contribution is 2.39. The molecule has 0 aliphatic carbocycles. The van der Waals surface area contributed by atoms with Crippen molar-refractivity contribution in [1.29, 1.82) is 0 Å². The number of nitrogens with one attached hydrogen (secondary N) is 1. The molecule has 2 aromatic heterocycles. The number of anilines is 3. The molecule has 0 saturated carbocycles. The topological polar surface area (TPSA) is 89.2 Å². The molecule has 10 heteroatoms. The molecule has 4 aromatic rings. The molecule has 3 aliphatic rings. The van der Waals surface area contributed by atoms with Crippen LogP contribution >= 0.6 is 11.6 Å². The van der Waals surface area contributed by atoms with E-state index in [1.807, 2.05) is 65.7 Å². The molecule has 7 rings (SSSR count). The second-order valence-corrected chi connectivity index (χ2v) is 12.6. The van der Waals surface area contributed by atoms with Gasteiger partial charge in [0.15, 0.2) is 5.65 Å². The van der Waals surface area contributed by atoms with Crippen LogP contribution in [-0.2, 0) is 5.41 Å². The van der Waals surface area contributed by atoms with Crippen LogP contribution in [0.4, 0.5) is 17.3 Å². The monoisotopic (exact) mass is 585 g/mol. The Morgan fingerprint density at radius 2 is 1.74 bits per heavy atom. The number of rotatable bonds is 6. The molecule has 5 heterocycles. The maximum absolute atomic E-state index is 13.0. The first kappa shape index (κ1) is 27.2. The fourth-order valence-corrected chi connectivity index (χ4v) is 7.12. The van der Waals surface area contributed by atoms with Crippen LogP contribution in [0.3, 0.4) is 0 Å². The molecule has 0 bridgehead atoms. The summed E-state index contributed by atoms with van der Waals surface area (Å²) in [4.78, 5) is 24.5. The first-order valence-corrected chi connectivity index (χ1v) is 15.1. The number of pyridine rings is 1. The van der Waals surface area contributed by atoms with E-state index < -0.39 is 0 Å². The number of aromatic nitrogens is 3. The van der Waals surface area contributed by atoms with Gasteiger partial charge in [-0.2, -0.15) is 4.98 Å². The minimum atomic E-state index is -0.274. The molecule has 0 radical (unpaired) electrons. The number of hydrogen-bond donors (Lipinski definition) is 2. The van der Waals surface area contributed by atoms with E-state index >= 15 is 0 Å². The van der Waals surface area contributed by atoms with Crippen LogP contribution in [0.25, 0.3) is 5.65 Å². The van der Waals surface area contributed by atoms with Crippen molar-refractivity contribution in [2.45, 2.75) is 36.6 Å². The highest BCUT2D eigenvalue weighted by Gasteiger charge is 2.50. The van der Waals surface area contributed by atoms with Crippen LogP contribution in [0.1, 0.15) is 41.6 Å². The Hall–Kier alpha value is -3.66. The molecule has 218 valence electrons. The third-order valence-electron chi connectivity index (χ3n) is 9.75. The minimum Gasteiger partial charge on any atom is -0.395 e. The van der Waals surface area contributed by atoms with Crippen LogP contribution < -0.4 is 10.2 Å². The Morgan fingerprint density at radius 1 is 1.00 bits per heavy atom. The normalized spacial score (nSPS) is 19.8. The van der Waals surface area contributed by atoms with Crippen molar-refractivity contribution in [2.75, 3.05) is 56.6 Å². The highest BCUT2D eigenvalue weighted by molar-refractivity contribution is 6.30. The second-order valence-electron chi connectivity index (χ2n) is 12.1. The number of amides is 1. The number of carbonyl (C=O) groups excluding carboxylic acids is 1. The third kappa shape index (κ3) is 4.69. The number of nitrogens with zero attached hydrogens (tertiary/aromatic N) is 6. The zero-order valence-corrected chi connectivity index (χ0v) is 24.6. The Kier molecular flexibility index (Phi) is 6.84. The maximum atomic E-state index is 13.0. The zero-order chi connectivity index (χ0) is 28.9. The minimum absolute atomic E-state index is 0.0887. The fraction of sp³-hybridized carbons (Fsp3) is 0.406. The van der Waals surface area contributed by atoms with E-state index in [0.717, 1.165) is 68.2 Å². The third-order valence-corrected chi connectivity index (χ3v) is 10.0. The molecule has 3 fully saturated rings. The van der Waals surface area contributed by atoms with Crippen molar-refractivity contribution < 1.29 is 9.90 Å². The lowest BCUT2D eigenvalue weighted by atomic mass is 9.73. The number of benzene rings is 2. The van der Waals surface area contributed by atoms with Gasteiger partial charge in [-0.1, -0.05) is 23.7 Å². The highest BCUT2D eigenvalue weighted by atomic mass is 35.5.